The normalized spacial score (nSPS) is 10.7. The van der Waals surface area contributed by atoms with Crippen LogP contribution in [0.2, 0.25) is 0 Å². The van der Waals surface area contributed by atoms with Gasteiger partial charge >= 0.3 is 0 Å². The van der Waals surface area contributed by atoms with Gasteiger partial charge in [0.2, 0.25) is 5.89 Å². The van der Waals surface area contributed by atoms with Crippen LogP contribution in [-0.2, 0) is 6.54 Å². The highest BCUT2D eigenvalue weighted by molar-refractivity contribution is 5.53. The molecule has 0 aliphatic heterocycles. The van der Waals surface area contributed by atoms with E-state index in [0.717, 1.165) is 11.3 Å². The highest BCUT2D eigenvalue weighted by atomic mass is 16.4. The van der Waals surface area contributed by atoms with Crippen molar-refractivity contribution in [2.24, 2.45) is 0 Å². The topological polar surface area (TPSA) is 60.9 Å². The van der Waals surface area contributed by atoms with Crippen molar-refractivity contribution in [3.05, 3.63) is 70.7 Å². The Kier molecular flexibility index (Phi) is 3.16. The average molecular weight is 267 g/mol. The third-order valence-electron chi connectivity index (χ3n) is 3.03. The number of nitrogens with zero attached hydrogens (tertiary/aromatic N) is 3. The summed E-state index contributed by atoms with van der Waals surface area (Å²) in [5.41, 5.74) is 1.54. The van der Waals surface area contributed by atoms with Gasteiger partial charge in [0.25, 0.3) is 5.56 Å². The molecule has 2 aromatic heterocycles. The lowest BCUT2D eigenvalue weighted by Gasteiger charge is -2.00. The summed E-state index contributed by atoms with van der Waals surface area (Å²) in [6.07, 6.45) is 2.97. The fraction of sp³-hybridized carbons (Fsp3) is 0.133. The molecule has 0 unspecified atom stereocenters. The highest BCUT2D eigenvalue weighted by Crippen LogP contribution is 2.21. The molecule has 0 aliphatic rings. The van der Waals surface area contributed by atoms with Gasteiger partial charge in [0, 0.05) is 17.8 Å². The molecule has 2 heterocycles. The molecule has 0 spiro atoms. The first-order chi connectivity index (χ1) is 9.74. The molecule has 0 N–H and O–H groups in total. The van der Waals surface area contributed by atoms with Gasteiger partial charge in [0.05, 0.1) is 12.9 Å². The van der Waals surface area contributed by atoms with Gasteiger partial charge in [-0.25, -0.2) is 9.97 Å². The lowest BCUT2D eigenvalue weighted by molar-refractivity contribution is 0.537. The minimum Gasteiger partial charge on any atom is -0.441 e. The molecule has 100 valence electrons. The monoisotopic (exact) mass is 267 g/mol. The SMILES string of the molecule is Cc1oc(-c2ccccc2)nc1Cn1cnccc1=O. The molecule has 0 bridgehead atoms. The lowest BCUT2D eigenvalue weighted by Crippen LogP contribution is -2.19. The Labute approximate surface area is 115 Å². The Morgan fingerprint density at radius 2 is 2.00 bits per heavy atom. The highest BCUT2D eigenvalue weighted by Gasteiger charge is 2.11. The molecule has 3 aromatic rings. The summed E-state index contributed by atoms with van der Waals surface area (Å²) in [6, 6.07) is 11.1. The van der Waals surface area contributed by atoms with Crippen LogP contribution in [0.5, 0.6) is 0 Å². The van der Waals surface area contributed by atoms with Crippen LogP contribution in [0.1, 0.15) is 11.5 Å². The maximum atomic E-state index is 11.7. The van der Waals surface area contributed by atoms with E-state index in [1.807, 2.05) is 37.3 Å². The van der Waals surface area contributed by atoms with E-state index in [-0.39, 0.29) is 5.56 Å². The van der Waals surface area contributed by atoms with Gasteiger partial charge < -0.3 is 4.42 Å². The van der Waals surface area contributed by atoms with Crippen LogP contribution in [0, 0.1) is 6.92 Å². The number of hydrogen-bond acceptors (Lipinski definition) is 4. The second kappa shape index (κ2) is 5.13. The van der Waals surface area contributed by atoms with Gasteiger partial charge in [-0.05, 0) is 19.1 Å². The number of benzene rings is 1. The molecular weight excluding hydrogens is 254 g/mol. The first-order valence-electron chi connectivity index (χ1n) is 6.26. The Hall–Kier alpha value is -2.69. The molecule has 0 fully saturated rings. The summed E-state index contributed by atoms with van der Waals surface area (Å²) in [6.45, 7) is 2.20. The molecule has 0 radical (unpaired) electrons. The van der Waals surface area contributed by atoms with Crippen molar-refractivity contribution in [1.29, 1.82) is 0 Å². The quantitative estimate of drug-likeness (QED) is 0.730. The molecule has 3 rings (SSSR count). The van der Waals surface area contributed by atoms with Crippen molar-refractivity contribution in [3.8, 4) is 11.5 Å². The van der Waals surface area contributed by atoms with Gasteiger partial charge in [-0.15, -0.1) is 0 Å². The fourth-order valence-corrected chi connectivity index (χ4v) is 1.94. The molecule has 0 aliphatic carbocycles. The number of oxazole rings is 1. The standard InChI is InChI=1S/C15H13N3O2/c1-11-13(9-18-10-16-8-7-14(18)19)17-15(20-11)12-5-3-2-4-6-12/h2-8,10H,9H2,1H3. The maximum absolute atomic E-state index is 11.7. The third kappa shape index (κ3) is 2.38. The van der Waals surface area contributed by atoms with Crippen LogP contribution in [0.15, 0.2) is 58.1 Å². The van der Waals surface area contributed by atoms with E-state index < -0.39 is 0 Å². The van der Waals surface area contributed by atoms with Crippen molar-refractivity contribution in [1.82, 2.24) is 14.5 Å². The Bertz CT molecular complexity index is 775. The number of aromatic nitrogens is 3. The minimum atomic E-state index is -0.108. The molecule has 0 saturated carbocycles. The number of hydrogen-bond donors (Lipinski definition) is 0. The zero-order valence-corrected chi connectivity index (χ0v) is 11.0. The van der Waals surface area contributed by atoms with Crippen LogP contribution < -0.4 is 5.56 Å². The van der Waals surface area contributed by atoms with E-state index in [4.69, 9.17) is 4.42 Å². The minimum absolute atomic E-state index is 0.108. The Morgan fingerprint density at radius 1 is 1.20 bits per heavy atom. The number of rotatable bonds is 3. The first kappa shape index (κ1) is 12.3. The van der Waals surface area contributed by atoms with E-state index in [1.165, 1.54) is 23.2 Å². The van der Waals surface area contributed by atoms with E-state index >= 15 is 0 Å². The van der Waals surface area contributed by atoms with Crippen molar-refractivity contribution < 1.29 is 4.42 Å². The molecule has 20 heavy (non-hydrogen) atoms. The van der Waals surface area contributed by atoms with E-state index in [1.54, 1.807) is 0 Å². The zero-order chi connectivity index (χ0) is 13.9. The summed E-state index contributed by atoms with van der Waals surface area (Å²) in [4.78, 5) is 20.1. The third-order valence-corrected chi connectivity index (χ3v) is 3.03. The second-order valence-electron chi connectivity index (χ2n) is 4.43. The lowest BCUT2D eigenvalue weighted by atomic mass is 10.2. The van der Waals surface area contributed by atoms with E-state index in [9.17, 15) is 4.79 Å². The van der Waals surface area contributed by atoms with Gasteiger partial charge in [0.1, 0.15) is 11.5 Å². The van der Waals surface area contributed by atoms with E-state index in [2.05, 4.69) is 9.97 Å². The molecular formula is C15H13N3O2. The predicted octanol–water partition coefficient (Wildman–Crippen LogP) is 2.26. The van der Waals surface area contributed by atoms with Crippen molar-refractivity contribution >= 4 is 0 Å². The molecule has 5 nitrogen and oxygen atoms in total. The predicted molar refractivity (Wildman–Crippen MR) is 74.3 cm³/mol. The summed E-state index contributed by atoms with van der Waals surface area (Å²) in [5, 5.41) is 0. The molecule has 0 saturated heterocycles. The van der Waals surface area contributed by atoms with Gasteiger partial charge in [-0.1, -0.05) is 18.2 Å². The van der Waals surface area contributed by atoms with Crippen LogP contribution in [-0.4, -0.2) is 14.5 Å². The molecule has 0 atom stereocenters. The van der Waals surface area contributed by atoms with Gasteiger partial charge in [0.15, 0.2) is 0 Å². The first-order valence-corrected chi connectivity index (χ1v) is 6.26. The summed E-state index contributed by atoms with van der Waals surface area (Å²) < 4.78 is 7.17. The second-order valence-corrected chi connectivity index (χ2v) is 4.43. The number of aryl methyl sites for hydroxylation is 1. The largest absolute Gasteiger partial charge is 0.441 e. The van der Waals surface area contributed by atoms with Gasteiger partial charge in [-0.2, -0.15) is 0 Å². The van der Waals surface area contributed by atoms with Crippen molar-refractivity contribution in [2.45, 2.75) is 13.5 Å². The Morgan fingerprint density at radius 3 is 2.75 bits per heavy atom. The van der Waals surface area contributed by atoms with Crippen LogP contribution in [0.25, 0.3) is 11.5 Å². The van der Waals surface area contributed by atoms with Crippen molar-refractivity contribution in [2.75, 3.05) is 0 Å². The summed E-state index contributed by atoms with van der Waals surface area (Å²) in [7, 11) is 0. The fourth-order valence-electron chi connectivity index (χ4n) is 1.94. The van der Waals surface area contributed by atoms with Crippen LogP contribution in [0.4, 0.5) is 0 Å². The Balaban J connectivity index is 1.94. The van der Waals surface area contributed by atoms with Gasteiger partial charge in [-0.3, -0.25) is 9.36 Å². The molecule has 0 amide bonds. The van der Waals surface area contributed by atoms with E-state index in [0.29, 0.717) is 18.2 Å². The average Bonchev–Trinajstić information content (AvgIpc) is 2.84. The summed E-state index contributed by atoms with van der Waals surface area (Å²) in [5.74, 6) is 1.27. The summed E-state index contributed by atoms with van der Waals surface area (Å²) >= 11 is 0. The molecule has 5 heteroatoms. The zero-order valence-electron chi connectivity index (χ0n) is 11.0. The van der Waals surface area contributed by atoms with Crippen LogP contribution in [0.3, 0.4) is 0 Å². The smallest absolute Gasteiger partial charge is 0.253 e. The van der Waals surface area contributed by atoms with Crippen molar-refractivity contribution in [3.63, 3.8) is 0 Å². The van der Waals surface area contributed by atoms with Crippen LogP contribution >= 0.6 is 0 Å². The maximum Gasteiger partial charge on any atom is 0.253 e. The molecule has 1 aromatic carbocycles.